The lowest BCUT2D eigenvalue weighted by Crippen LogP contribution is -2.26. The van der Waals surface area contributed by atoms with Gasteiger partial charge in [0.15, 0.2) is 0 Å². The molecule has 0 bridgehead atoms. The molecule has 0 heterocycles. The number of amides is 2. The van der Waals surface area contributed by atoms with E-state index in [-0.39, 0.29) is 11.8 Å². The highest BCUT2D eigenvalue weighted by molar-refractivity contribution is 9.10. The lowest BCUT2D eigenvalue weighted by Gasteiger charge is -2.13. The molecule has 0 aromatic heterocycles. The van der Waals surface area contributed by atoms with Crippen LogP contribution < -0.4 is 15.4 Å². The van der Waals surface area contributed by atoms with E-state index in [1.165, 1.54) is 0 Å². The predicted molar refractivity (Wildman–Crippen MR) is 116 cm³/mol. The number of hydrogen-bond donors (Lipinski definition) is 2. The lowest BCUT2D eigenvalue weighted by atomic mass is 10.1. The number of rotatable bonds is 9. The van der Waals surface area contributed by atoms with E-state index in [1.54, 1.807) is 42.5 Å². The minimum absolute atomic E-state index is 0.192. The minimum Gasteiger partial charge on any atom is -0.492 e. The molecule has 0 aliphatic heterocycles. The molecule has 0 radical (unpaired) electrons. The fourth-order valence-electron chi connectivity index (χ4n) is 2.47. The highest BCUT2D eigenvalue weighted by atomic mass is 79.9. The van der Waals surface area contributed by atoms with Gasteiger partial charge in [-0.25, -0.2) is 0 Å². The van der Waals surface area contributed by atoms with Crippen molar-refractivity contribution in [2.45, 2.75) is 33.6 Å². The molecule has 0 aliphatic carbocycles. The monoisotopic (exact) mass is 446 g/mol. The molecule has 0 saturated heterocycles. The van der Waals surface area contributed by atoms with Crippen molar-refractivity contribution in [3.63, 3.8) is 0 Å². The lowest BCUT2D eigenvalue weighted by molar-refractivity contribution is 0.0954. The molecule has 2 rings (SSSR count). The largest absolute Gasteiger partial charge is 0.492 e. The molecular weight excluding hydrogens is 420 g/mol. The summed E-state index contributed by atoms with van der Waals surface area (Å²) < 4.78 is 6.43. The average molecular weight is 447 g/mol. The van der Waals surface area contributed by atoms with Crippen LogP contribution in [0, 0.1) is 5.92 Å². The zero-order chi connectivity index (χ0) is 20.5. The van der Waals surface area contributed by atoms with Crippen LogP contribution in [0.5, 0.6) is 5.75 Å². The minimum atomic E-state index is -0.287. The second kappa shape index (κ2) is 10.9. The van der Waals surface area contributed by atoms with E-state index in [1.807, 2.05) is 0 Å². The normalized spacial score (nSPS) is 10.6. The molecule has 0 unspecified atom stereocenters. The maximum absolute atomic E-state index is 12.7. The molecule has 6 heteroatoms. The van der Waals surface area contributed by atoms with Crippen LogP contribution in [0.4, 0.5) is 5.69 Å². The van der Waals surface area contributed by atoms with Crippen molar-refractivity contribution in [3.8, 4) is 5.75 Å². The van der Waals surface area contributed by atoms with Crippen LogP contribution in [0.2, 0.25) is 0 Å². The van der Waals surface area contributed by atoms with E-state index in [4.69, 9.17) is 4.74 Å². The van der Waals surface area contributed by atoms with Crippen molar-refractivity contribution in [1.29, 1.82) is 0 Å². The van der Waals surface area contributed by atoms with Gasteiger partial charge in [0.2, 0.25) is 0 Å². The summed E-state index contributed by atoms with van der Waals surface area (Å²) in [6.45, 7) is 7.43. The zero-order valence-electron chi connectivity index (χ0n) is 16.5. The molecular formula is C22H27BrN2O3. The second-order valence-corrected chi connectivity index (χ2v) is 7.81. The molecule has 150 valence electrons. The van der Waals surface area contributed by atoms with E-state index in [2.05, 4.69) is 47.3 Å². The molecule has 0 saturated carbocycles. The summed E-state index contributed by atoms with van der Waals surface area (Å²) in [4.78, 5) is 25.1. The molecule has 0 atom stereocenters. The Morgan fingerprint density at radius 2 is 1.86 bits per heavy atom. The molecule has 0 aliphatic rings. The Kier molecular flexibility index (Phi) is 8.51. The number of hydrogen-bond acceptors (Lipinski definition) is 3. The quantitative estimate of drug-likeness (QED) is 0.515. The summed E-state index contributed by atoms with van der Waals surface area (Å²) in [5.74, 6) is 0.628. The number of carbonyl (C=O) groups is 2. The van der Waals surface area contributed by atoms with E-state index < -0.39 is 0 Å². The Labute approximate surface area is 175 Å². The van der Waals surface area contributed by atoms with Gasteiger partial charge in [-0.2, -0.15) is 0 Å². The predicted octanol–water partition coefficient (Wildman–Crippen LogP) is 5.27. The summed E-state index contributed by atoms with van der Waals surface area (Å²) >= 11 is 3.45. The first-order chi connectivity index (χ1) is 13.4. The van der Waals surface area contributed by atoms with Crippen LogP contribution in [0.15, 0.2) is 46.9 Å². The van der Waals surface area contributed by atoms with Crippen molar-refractivity contribution in [3.05, 3.63) is 58.1 Å². The van der Waals surface area contributed by atoms with Gasteiger partial charge in [-0.3, -0.25) is 9.59 Å². The first-order valence-electron chi connectivity index (χ1n) is 9.53. The SMILES string of the molecule is CCCCNC(=O)c1ccccc1NC(=O)c1ccc(OCC(C)C)c(Br)c1. The van der Waals surface area contributed by atoms with Gasteiger partial charge >= 0.3 is 0 Å². The summed E-state index contributed by atoms with van der Waals surface area (Å²) in [5, 5.41) is 5.71. The third-order valence-corrected chi connectivity index (χ3v) is 4.62. The van der Waals surface area contributed by atoms with Crippen LogP contribution in [-0.2, 0) is 0 Å². The first kappa shape index (κ1) is 22.0. The van der Waals surface area contributed by atoms with E-state index in [0.29, 0.717) is 46.1 Å². The molecule has 2 aromatic carbocycles. The fourth-order valence-corrected chi connectivity index (χ4v) is 2.97. The summed E-state index contributed by atoms with van der Waals surface area (Å²) in [6.07, 6.45) is 1.92. The second-order valence-electron chi connectivity index (χ2n) is 6.96. The van der Waals surface area contributed by atoms with E-state index in [9.17, 15) is 9.59 Å². The Morgan fingerprint density at radius 3 is 2.54 bits per heavy atom. The highest BCUT2D eigenvalue weighted by Crippen LogP contribution is 2.27. The van der Waals surface area contributed by atoms with Gasteiger partial charge in [0.25, 0.3) is 11.8 Å². The molecule has 0 spiro atoms. The molecule has 28 heavy (non-hydrogen) atoms. The van der Waals surface area contributed by atoms with Crippen LogP contribution in [0.25, 0.3) is 0 Å². The summed E-state index contributed by atoms with van der Waals surface area (Å²) in [5.41, 5.74) is 1.41. The number of benzene rings is 2. The number of unbranched alkanes of at least 4 members (excludes halogenated alkanes) is 1. The van der Waals surface area contributed by atoms with E-state index in [0.717, 1.165) is 12.8 Å². The number of anilines is 1. The average Bonchev–Trinajstić information content (AvgIpc) is 2.67. The highest BCUT2D eigenvalue weighted by Gasteiger charge is 2.15. The Morgan fingerprint density at radius 1 is 1.11 bits per heavy atom. The van der Waals surface area contributed by atoms with Gasteiger partial charge in [-0.1, -0.05) is 39.3 Å². The van der Waals surface area contributed by atoms with E-state index >= 15 is 0 Å². The Balaban J connectivity index is 2.10. The molecule has 0 fully saturated rings. The topological polar surface area (TPSA) is 67.4 Å². The summed E-state index contributed by atoms with van der Waals surface area (Å²) in [7, 11) is 0. The molecule has 2 amide bonds. The third-order valence-electron chi connectivity index (χ3n) is 4.00. The van der Waals surface area contributed by atoms with Gasteiger partial charge in [0.1, 0.15) is 5.75 Å². The smallest absolute Gasteiger partial charge is 0.255 e. The van der Waals surface area contributed by atoms with Crippen LogP contribution >= 0.6 is 15.9 Å². The molecule has 2 N–H and O–H groups in total. The number of ether oxygens (including phenoxy) is 1. The van der Waals surface area contributed by atoms with Crippen molar-refractivity contribution >= 4 is 33.4 Å². The zero-order valence-corrected chi connectivity index (χ0v) is 18.1. The number of nitrogens with one attached hydrogen (secondary N) is 2. The molecule has 2 aromatic rings. The van der Waals surface area contributed by atoms with Crippen molar-refractivity contribution < 1.29 is 14.3 Å². The van der Waals surface area contributed by atoms with Crippen molar-refractivity contribution in [1.82, 2.24) is 5.32 Å². The molecule has 5 nitrogen and oxygen atoms in total. The van der Waals surface area contributed by atoms with Crippen molar-refractivity contribution in [2.24, 2.45) is 5.92 Å². The van der Waals surface area contributed by atoms with Gasteiger partial charge in [-0.15, -0.1) is 0 Å². The maximum atomic E-state index is 12.7. The Bertz CT molecular complexity index is 821. The number of carbonyl (C=O) groups excluding carboxylic acids is 2. The van der Waals surface area contributed by atoms with Crippen molar-refractivity contribution in [2.75, 3.05) is 18.5 Å². The van der Waals surface area contributed by atoms with Gasteiger partial charge in [0.05, 0.1) is 22.3 Å². The number of halogens is 1. The third kappa shape index (κ3) is 6.37. The summed E-state index contributed by atoms with van der Waals surface area (Å²) in [6, 6.07) is 12.2. The van der Waals surface area contributed by atoms with Crippen LogP contribution in [0.3, 0.4) is 0 Å². The van der Waals surface area contributed by atoms with Gasteiger partial charge in [0, 0.05) is 12.1 Å². The van der Waals surface area contributed by atoms with Gasteiger partial charge < -0.3 is 15.4 Å². The first-order valence-corrected chi connectivity index (χ1v) is 10.3. The van der Waals surface area contributed by atoms with Gasteiger partial charge in [-0.05, 0) is 58.6 Å². The van der Waals surface area contributed by atoms with Crippen LogP contribution in [-0.4, -0.2) is 25.0 Å². The standard InChI is InChI=1S/C22H27BrN2O3/c1-4-5-12-24-22(27)17-8-6-7-9-19(17)25-21(26)16-10-11-20(18(23)13-16)28-14-15(2)3/h6-11,13,15H,4-5,12,14H2,1-3H3,(H,24,27)(H,25,26). The number of para-hydroxylation sites is 1. The fraction of sp³-hybridized carbons (Fsp3) is 0.364. The maximum Gasteiger partial charge on any atom is 0.255 e. The Hall–Kier alpha value is -2.34. The van der Waals surface area contributed by atoms with Crippen LogP contribution in [0.1, 0.15) is 54.3 Å².